The summed E-state index contributed by atoms with van der Waals surface area (Å²) in [5.74, 6) is 0.595. The zero-order valence-corrected chi connectivity index (χ0v) is 8.98. The molecule has 0 radical (unpaired) electrons. The first kappa shape index (κ1) is 10.3. The molecule has 0 saturated heterocycles. The highest BCUT2D eigenvalue weighted by molar-refractivity contribution is 6.02. The Morgan fingerprint density at radius 2 is 2.25 bits per heavy atom. The molecule has 0 aliphatic heterocycles. The largest absolute Gasteiger partial charge is 0.288 e. The summed E-state index contributed by atoms with van der Waals surface area (Å²) in [7, 11) is 0. The van der Waals surface area contributed by atoms with E-state index < -0.39 is 0 Å². The van der Waals surface area contributed by atoms with E-state index >= 15 is 0 Å². The molecular weight excluding hydrogens is 206 g/mol. The van der Waals surface area contributed by atoms with Crippen molar-refractivity contribution in [2.75, 3.05) is 5.32 Å². The van der Waals surface area contributed by atoms with Crippen molar-refractivity contribution >= 4 is 11.9 Å². The molecule has 0 unspecified atom stereocenters. The van der Waals surface area contributed by atoms with Gasteiger partial charge >= 0.3 is 0 Å². The van der Waals surface area contributed by atoms with Gasteiger partial charge in [-0.25, -0.2) is 0 Å². The van der Waals surface area contributed by atoms with Gasteiger partial charge in [-0.2, -0.15) is 4.98 Å². The number of carbonyl (C=O) groups excluding carboxylic acids is 1. The van der Waals surface area contributed by atoms with E-state index in [-0.39, 0.29) is 11.9 Å². The second-order valence-corrected chi connectivity index (χ2v) is 3.37. The summed E-state index contributed by atoms with van der Waals surface area (Å²) >= 11 is 0. The van der Waals surface area contributed by atoms with E-state index in [1.54, 1.807) is 19.2 Å². The highest BCUT2D eigenvalue weighted by atomic mass is 16.2. The van der Waals surface area contributed by atoms with Gasteiger partial charge in [0, 0.05) is 6.20 Å². The summed E-state index contributed by atoms with van der Waals surface area (Å²) in [5, 5.41) is 9.02. The van der Waals surface area contributed by atoms with Gasteiger partial charge < -0.3 is 0 Å². The smallest absolute Gasteiger partial charge is 0.276 e. The first-order valence-electron chi connectivity index (χ1n) is 4.79. The third-order valence-corrected chi connectivity index (χ3v) is 2.05. The van der Waals surface area contributed by atoms with Crippen LogP contribution in [0.2, 0.25) is 0 Å². The predicted octanol–water partition coefficient (Wildman–Crippen LogP) is 1.07. The van der Waals surface area contributed by atoms with Crippen molar-refractivity contribution in [2.24, 2.45) is 0 Å². The molecule has 2 aromatic heterocycles. The zero-order chi connectivity index (χ0) is 11.5. The van der Waals surface area contributed by atoms with E-state index in [0.29, 0.717) is 11.5 Å². The molecule has 16 heavy (non-hydrogen) atoms. The number of anilines is 1. The Labute approximate surface area is 92.1 Å². The van der Waals surface area contributed by atoms with Gasteiger partial charge in [-0.05, 0) is 25.5 Å². The normalized spacial score (nSPS) is 10.1. The van der Waals surface area contributed by atoms with Gasteiger partial charge in [0.15, 0.2) is 0 Å². The van der Waals surface area contributed by atoms with Crippen LogP contribution in [0, 0.1) is 13.8 Å². The topological polar surface area (TPSA) is 83.6 Å². The van der Waals surface area contributed by atoms with Crippen molar-refractivity contribution in [1.29, 1.82) is 0 Å². The van der Waals surface area contributed by atoms with E-state index in [9.17, 15) is 4.79 Å². The lowest BCUT2D eigenvalue weighted by Crippen LogP contribution is -2.16. The molecule has 0 aliphatic carbocycles. The molecule has 0 fully saturated rings. The quantitative estimate of drug-likeness (QED) is 0.788. The number of aryl methyl sites for hydroxylation is 2. The molecule has 2 N–H and O–H groups in total. The Morgan fingerprint density at radius 3 is 2.88 bits per heavy atom. The average molecular weight is 217 g/mol. The molecule has 0 saturated carbocycles. The van der Waals surface area contributed by atoms with Crippen molar-refractivity contribution < 1.29 is 4.79 Å². The molecule has 0 aromatic carbocycles. The lowest BCUT2D eigenvalue weighted by atomic mass is 10.2. The molecule has 0 bridgehead atoms. The molecule has 2 heterocycles. The van der Waals surface area contributed by atoms with Gasteiger partial charge in [0.1, 0.15) is 11.5 Å². The number of amides is 1. The number of hydrogen-bond donors (Lipinski definition) is 2. The van der Waals surface area contributed by atoms with Crippen molar-refractivity contribution in [3.8, 4) is 0 Å². The molecular formula is C10H11N5O. The minimum absolute atomic E-state index is 0.257. The van der Waals surface area contributed by atoms with Crippen molar-refractivity contribution in [2.45, 2.75) is 13.8 Å². The molecule has 6 heteroatoms. The lowest BCUT2D eigenvalue weighted by Gasteiger charge is -2.02. The Balaban J connectivity index is 2.18. The van der Waals surface area contributed by atoms with E-state index in [2.05, 4.69) is 25.5 Å². The van der Waals surface area contributed by atoms with Gasteiger partial charge in [-0.15, -0.1) is 5.10 Å². The van der Waals surface area contributed by atoms with Crippen LogP contribution < -0.4 is 5.32 Å². The SMILES string of the molecule is Cc1nc(NC(=O)c2ncccc2C)n[nH]1. The fourth-order valence-corrected chi connectivity index (χ4v) is 1.28. The molecule has 6 nitrogen and oxygen atoms in total. The molecule has 2 rings (SSSR count). The van der Waals surface area contributed by atoms with E-state index in [0.717, 1.165) is 5.56 Å². The average Bonchev–Trinajstić information content (AvgIpc) is 2.64. The number of rotatable bonds is 2. The standard InChI is InChI=1S/C10H11N5O/c1-6-4-3-5-11-8(6)9(16)13-10-12-7(2)14-15-10/h3-5H,1-2H3,(H2,12,13,14,15,16). The van der Waals surface area contributed by atoms with Gasteiger partial charge in [0.2, 0.25) is 5.95 Å². The lowest BCUT2D eigenvalue weighted by molar-refractivity contribution is 0.102. The van der Waals surface area contributed by atoms with Crippen LogP contribution >= 0.6 is 0 Å². The van der Waals surface area contributed by atoms with Gasteiger partial charge in [-0.1, -0.05) is 6.07 Å². The van der Waals surface area contributed by atoms with Crippen LogP contribution in [-0.2, 0) is 0 Å². The van der Waals surface area contributed by atoms with Gasteiger partial charge in [0.05, 0.1) is 0 Å². The highest BCUT2D eigenvalue weighted by Crippen LogP contribution is 2.06. The second-order valence-electron chi connectivity index (χ2n) is 3.37. The monoisotopic (exact) mass is 217 g/mol. The highest BCUT2D eigenvalue weighted by Gasteiger charge is 2.12. The number of hydrogen-bond acceptors (Lipinski definition) is 4. The minimum atomic E-state index is -0.308. The van der Waals surface area contributed by atoms with Crippen LogP contribution in [0.5, 0.6) is 0 Å². The van der Waals surface area contributed by atoms with Gasteiger partial charge in [-0.3, -0.25) is 20.2 Å². The Kier molecular flexibility index (Phi) is 2.63. The van der Waals surface area contributed by atoms with E-state index in [1.165, 1.54) is 0 Å². The van der Waals surface area contributed by atoms with Crippen LogP contribution in [-0.4, -0.2) is 26.1 Å². The maximum absolute atomic E-state index is 11.8. The summed E-state index contributed by atoms with van der Waals surface area (Å²) in [5.41, 5.74) is 1.19. The molecule has 0 atom stereocenters. The second kappa shape index (κ2) is 4.09. The van der Waals surface area contributed by atoms with Crippen molar-refractivity contribution in [1.82, 2.24) is 20.2 Å². The number of carbonyl (C=O) groups is 1. The Hall–Kier alpha value is -2.24. The van der Waals surface area contributed by atoms with Crippen molar-refractivity contribution in [3.63, 3.8) is 0 Å². The summed E-state index contributed by atoms with van der Waals surface area (Å²) in [6.07, 6.45) is 1.57. The number of nitrogens with zero attached hydrogens (tertiary/aromatic N) is 3. The maximum atomic E-state index is 11.8. The molecule has 82 valence electrons. The summed E-state index contributed by atoms with van der Waals surface area (Å²) in [6, 6.07) is 3.61. The molecule has 2 aromatic rings. The zero-order valence-electron chi connectivity index (χ0n) is 8.98. The Morgan fingerprint density at radius 1 is 1.44 bits per heavy atom. The fourth-order valence-electron chi connectivity index (χ4n) is 1.28. The summed E-state index contributed by atoms with van der Waals surface area (Å²) in [4.78, 5) is 19.8. The number of aromatic amines is 1. The van der Waals surface area contributed by atoms with Crippen LogP contribution in [0.25, 0.3) is 0 Å². The molecule has 0 aliphatic rings. The number of nitrogens with one attached hydrogen (secondary N) is 2. The van der Waals surface area contributed by atoms with Crippen LogP contribution in [0.1, 0.15) is 21.9 Å². The van der Waals surface area contributed by atoms with Gasteiger partial charge in [0.25, 0.3) is 5.91 Å². The minimum Gasteiger partial charge on any atom is -0.288 e. The summed E-state index contributed by atoms with van der Waals surface area (Å²) in [6.45, 7) is 3.58. The third kappa shape index (κ3) is 2.05. The Bertz CT molecular complexity index is 519. The van der Waals surface area contributed by atoms with Crippen molar-refractivity contribution in [3.05, 3.63) is 35.4 Å². The van der Waals surface area contributed by atoms with E-state index in [1.807, 2.05) is 13.0 Å². The van der Waals surface area contributed by atoms with Crippen LogP contribution in [0.15, 0.2) is 18.3 Å². The van der Waals surface area contributed by atoms with E-state index in [4.69, 9.17) is 0 Å². The first-order valence-corrected chi connectivity index (χ1v) is 4.79. The number of aromatic nitrogens is 4. The number of H-pyrrole nitrogens is 1. The molecule has 0 spiro atoms. The number of pyridine rings is 1. The predicted molar refractivity (Wildman–Crippen MR) is 58.0 cm³/mol. The third-order valence-electron chi connectivity index (χ3n) is 2.05. The fraction of sp³-hybridized carbons (Fsp3) is 0.200. The first-order chi connectivity index (χ1) is 7.66. The summed E-state index contributed by atoms with van der Waals surface area (Å²) < 4.78 is 0. The van der Waals surface area contributed by atoms with Crippen LogP contribution in [0.3, 0.4) is 0 Å². The molecule has 1 amide bonds. The van der Waals surface area contributed by atoms with Crippen LogP contribution in [0.4, 0.5) is 5.95 Å². The maximum Gasteiger partial charge on any atom is 0.276 e.